The Labute approximate surface area is 229 Å². The van der Waals surface area contributed by atoms with E-state index in [-0.39, 0.29) is 5.82 Å². The van der Waals surface area contributed by atoms with Crippen LogP contribution in [-0.4, -0.2) is 70.2 Å². The van der Waals surface area contributed by atoms with E-state index in [0.29, 0.717) is 18.0 Å². The zero-order chi connectivity index (χ0) is 26.9. The minimum Gasteiger partial charge on any atom is -0.354 e. The van der Waals surface area contributed by atoms with E-state index in [4.69, 9.17) is 4.98 Å². The fourth-order valence-electron chi connectivity index (χ4n) is 6.02. The second-order valence-corrected chi connectivity index (χ2v) is 10.7. The predicted octanol–water partition coefficient (Wildman–Crippen LogP) is 4.85. The van der Waals surface area contributed by atoms with Gasteiger partial charge in [-0.3, -0.25) is 4.90 Å². The van der Waals surface area contributed by atoms with Gasteiger partial charge in [-0.2, -0.15) is 10.4 Å². The Morgan fingerprint density at radius 2 is 1.90 bits per heavy atom. The number of aryl methyl sites for hydroxylation is 1. The summed E-state index contributed by atoms with van der Waals surface area (Å²) in [5.41, 5.74) is 6.44. The van der Waals surface area contributed by atoms with E-state index in [1.54, 1.807) is 18.3 Å². The van der Waals surface area contributed by atoms with Crippen molar-refractivity contribution >= 4 is 11.3 Å². The van der Waals surface area contributed by atoms with Crippen molar-refractivity contribution in [3.05, 3.63) is 83.1 Å². The highest BCUT2D eigenvalue weighted by atomic mass is 19.1. The lowest BCUT2D eigenvalue weighted by Crippen LogP contribution is -2.46. The molecule has 2 aliphatic rings. The first kappa shape index (κ1) is 25.5. The van der Waals surface area contributed by atoms with Gasteiger partial charge >= 0.3 is 0 Å². The van der Waals surface area contributed by atoms with Gasteiger partial charge in [-0.25, -0.2) is 13.9 Å². The third kappa shape index (κ3) is 5.00. The molecular formula is C31H34FN7. The molecule has 1 unspecified atom stereocenters. The quantitative estimate of drug-likeness (QED) is 0.360. The molecular weight excluding hydrogens is 489 g/mol. The Hall–Kier alpha value is -3.80. The van der Waals surface area contributed by atoms with E-state index in [1.807, 2.05) is 23.7 Å². The van der Waals surface area contributed by atoms with Crippen LogP contribution in [0.3, 0.4) is 0 Å². The van der Waals surface area contributed by atoms with E-state index >= 15 is 0 Å². The van der Waals surface area contributed by atoms with Crippen LogP contribution in [0.4, 0.5) is 10.2 Å². The summed E-state index contributed by atoms with van der Waals surface area (Å²) in [4.78, 5) is 11.9. The smallest absolute Gasteiger partial charge is 0.128 e. The topological polar surface area (TPSA) is 63.7 Å². The van der Waals surface area contributed by atoms with Crippen molar-refractivity contribution in [2.24, 2.45) is 0 Å². The first-order valence-electron chi connectivity index (χ1n) is 13.9. The second-order valence-electron chi connectivity index (χ2n) is 10.7. The van der Waals surface area contributed by atoms with Crippen LogP contribution in [0.2, 0.25) is 0 Å². The summed E-state index contributed by atoms with van der Waals surface area (Å²) in [6, 6.07) is 14.0. The van der Waals surface area contributed by atoms with Crippen LogP contribution in [0, 0.1) is 24.1 Å². The molecule has 2 fully saturated rings. The number of pyridine rings is 2. The minimum atomic E-state index is -0.124. The van der Waals surface area contributed by atoms with Gasteiger partial charge in [-0.15, -0.1) is 0 Å². The predicted molar refractivity (Wildman–Crippen MR) is 151 cm³/mol. The van der Waals surface area contributed by atoms with Crippen LogP contribution in [0.25, 0.3) is 16.6 Å². The van der Waals surface area contributed by atoms with Crippen LogP contribution in [0.15, 0.2) is 55.0 Å². The Morgan fingerprint density at radius 3 is 2.59 bits per heavy atom. The molecule has 5 heterocycles. The van der Waals surface area contributed by atoms with Crippen LogP contribution >= 0.6 is 0 Å². The van der Waals surface area contributed by atoms with Gasteiger partial charge in [0.1, 0.15) is 17.7 Å². The number of likely N-dealkylation sites (N-methyl/N-ethyl adjacent to an activating group) is 1. The molecule has 0 saturated carbocycles. The van der Waals surface area contributed by atoms with Crippen molar-refractivity contribution in [2.75, 3.05) is 50.7 Å². The number of likely N-dealkylation sites (tertiary alicyclic amines) is 1. The average Bonchev–Trinajstić information content (AvgIpc) is 3.62. The third-order valence-electron chi connectivity index (χ3n) is 8.43. The Kier molecular flexibility index (Phi) is 7.03. The summed E-state index contributed by atoms with van der Waals surface area (Å²) >= 11 is 0. The van der Waals surface area contributed by atoms with E-state index in [9.17, 15) is 9.65 Å². The zero-order valence-electron chi connectivity index (χ0n) is 22.6. The molecule has 0 spiro atoms. The first-order valence-corrected chi connectivity index (χ1v) is 13.9. The Bertz CT molecular complexity index is 1490. The first-order chi connectivity index (χ1) is 19.0. The van der Waals surface area contributed by atoms with Crippen molar-refractivity contribution in [3.8, 4) is 17.2 Å². The van der Waals surface area contributed by atoms with Gasteiger partial charge in [0.15, 0.2) is 0 Å². The maximum Gasteiger partial charge on any atom is 0.128 e. The van der Waals surface area contributed by atoms with Gasteiger partial charge < -0.3 is 9.80 Å². The number of halogens is 1. The molecule has 4 aromatic rings. The van der Waals surface area contributed by atoms with Crippen LogP contribution in [0.5, 0.6) is 0 Å². The van der Waals surface area contributed by atoms with Gasteiger partial charge in [-0.1, -0.05) is 19.1 Å². The van der Waals surface area contributed by atoms with Gasteiger partial charge in [0.05, 0.1) is 17.3 Å². The van der Waals surface area contributed by atoms with E-state index < -0.39 is 0 Å². The number of piperazine rings is 1. The number of rotatable bonds is 6. The van der Waals surface area contributed by atoms with Crippen LogP contribution in [0.1, 0.15) is 41.5 Å². The third-order valence-corrected chi connectivity index (χ3v) is 8.43. The number of anilines is 1. The summed E-state index contributed by atoms with van der Waals surface area (Å²) in [6.45, 7) is 11.4. The highest BCUT2D eigenvalue weighted by Crippen LogP contribution is 2.34. The lowest BCUT2D eigenvalue weighted by Gasteiger charge is -2.35. The fraction of sp³-hybridized carbons (Fsp3) is 0.387. The van der Waals surface area contributed by atoms with Crippen molar-refractivity contribution in [1.82, 2.24) is 24.4 Å². The monoisotopic (exact) mass is 523 g/mol. The van der Waals surface area contributed by atoms with Gasteiger partial charge in [0.25, 0.3) is 0 Å². The summed E-state index contributed by atoms with van der Waals surface area (Å²) < 4.78 is 16.2. The van der Waals surface area contributed by atoms with Gasteiger partial charge in [0, 0.05) is 68.4 Å². The fourth-order valence-corrected chi connectivity index (χ4v) is 6.02. The summed E-state index contributed by atoms with van der Waals surface area (Å²) in [7, 11) is 0. The molecule has 0 N–H and O–H groups in total. The molecule has 200 valence electrons. The minimum absolute atomic E-state index is 0.124. The molecule has 0 aliphatic carbocycles. The molecule has 2 aliphatic heterocycles. The normalized spacial score (nSPS) is 18.6. The second kappa shape index (κ2) is 10.8. The number of fused-ring (bicyclic) bond motifs is 1. The van der Waals surface area contributed by atoms with Crippen molar-refractivity contribution in [1.29, 1.82) is 5.26 Å². The van der Waals surface area contributed by atoms with Crippen molar-refractivity contribution in [2.45, 2.75) is 32.7 Å². The average molecular weight is 524 g/mol. The summed E-state index contributed by atoms with van der Waals surface area (Å²) in [6.07, 6.45) is 6.79. The summed E-state index contributed by atoms with van der Waals surface area (Å²) in [5, 5.41) is 14.3. The van der Waals surface area contributed by atoms with Crippen LogP contribution in [-0.2, 0) is 6.54 Å². The number of nitriles is 1. The zero-order valence-corrected chi connectivity index (χ0v) is 22.6. The number of aromatic nitrogens is 3. The SMILES string of the molecule is CCN1CCC(c2cc(-c3ccc(N4CCN(Cc5c(C)cccc5F)CC4)nc3)c3c(C#N)cnn3c2)C1. The molecule has 39 heavy (non-hydrogen) atoms. The Morgan fingerprint density at radius 1 is 1.05 bits per heavy atom. The van der Waals surface area contributed by atoms with Gasteiger partial charge in [-0.05, 0) is 67.7 Å². The number of hydrogen-bond acceptors (Lipinski definition) is 6. The number of benzene rings is 1. The molecule has 3 aromatic heterocycles. The molecule has 0 bridgehead atoms. The van der Waals surface area contributed by atoms with Gasteiger partial charge in [0.2, 0.25) is 0 Å². The maximum atomic E-state index is 14.3. The molecule has 6 rings (SSSR count). The molecule has 1 aromatic carbocycles. The molecule has 2 saturated heterocycles. The molecule has 7 nitrogen and oxygen atoms in total. The number of nitrogens with zero attached hydrogens (tertiary/aromatic N) is 7. The maximum absolute atomic E-state index is 14.3. The van der Waals surface area contributed by atoms with E-state index in [1.165, 1.54) is 5.56 Å². The standard InChI is InChI=1S/C31H34FN7/c1-3-36-10-9-24(19-36)25-15-27(31-26(16-33)18-35-39(31)20-25)23-7-8-30(34-17-23)38-13-11-37(12-14-38)21-28-22(2)5-4-6-29(28)32/h4-8,15,17-18,20,24H,3,9-14,19,21H2,1-2H3. The van der Waals surface area contributed by atoms with Crippen molar-refractivity contribution < 1.29 is 4.39 Å². The van der Waals surface area contributed by atoms with E-state index in [0.717, 1.165) is 85.8 Å². The largest absolute Gasteiger partial charge is 0.354 e. The lowest BCUT2D eigenvalue weighted by molar-refractivity contribution is 0.245. The van der Waals surface area contributed by atoms with Crippen LogP contribution < -0.4 is 4.90 Å². The highest BCUT2D eigenvalue weighted by molar-refractivity contribution is 5.84. The van der Waals surface area contributed by atoms with E-state index in [2.05, 4.69) is 57.2 Å². The highest BCUT2D eigenvalue weighted by Gasteiger charge is 2.25. The molecule has 0 amide bonds. The molecule has 1 atom stereocenters. The number of hydrogen-bond donors (Lipinski definition) is 0. The lowest BCUT2D eigenvalue weighted by atomic mass is 9.95. The van der Waals surface area contributed by atoms with Crippen molar-refractivity contribution in [3.63, 3.8) is 0 Å². The molecule has 8 heteroatoms. The summed E-state index contributed by atoms with van der Waals surface area (Å²) in [5.74, 6) is 1.27. The molecule has 0 radical (unpaired) electrons. The Balaban J connectivity index is 1.21.